The molecule has 1 aromatic rings. The van der Waals surface area contributed by atoms with E-state index in [0.29, 0.717) is 18.4 Å². The molecule has 0 atom stereocenters. The van der Waals surface area contributed by atoms with E-state index in [9.17, 15) is 14.3 Å². The minimum absolute atomic E-state index is 0.252. The van der Waals surface area contributed by atoms with Gasteiger partial charge in [-0.25, -0.2) is 4.39 Å². The van der Waals surface area contributed by atoms with Crippen LogP contribution in [0.25, 0.3) is 0 Å². The summed E-state index contributed by atoms with van der Waals surface area (Å²) in [7, 11) is 0. The van der Waals surface area contributed by atoms with Gasteiger partial charge in [0, 0.05) is 0 Å². The molecule has 0 heterocycles. The maximum Gasteiger partial charge on any atom is 0.309 e. The fourth-order valence-corrected chi connectivity index (χ4v) is 1.88. The van der Waals surface area contributed by atoms with E-state index in [2.05, 4.69) is 0 Å². The van der Waals surface area contributed by atoms with Crippen LogP contribution in [0, 0.1) is 11.2 Å². The van der Waals surface area contributed by atoms with Crippen molar-refractivity contribution in [2.24, 2.45) is 5.41 Å². The summed E-state index contributed by atoms with van der Waals surface area (Å²) in [6.07, 6.45) is 1.27. The zero-order valence-electron chi connectivity index (χ0n) is 9.66. The molecule has 0 aliphatic carbocycles. The number of carboxylic acid groups (broad SMARTS) is 1. The van der Waals surface area contributed by atoms with E-state index in [1.165, 1.54) is 6.07 Å². The summed E-state index contributed by atoms with van der Waals surface area (Å²) in [6.45, 7) is 3.66. The van der Waals surface area contributed by atoms with E-state index < -0.39 is 11.4 Å². The first-order chi connectivity index (χ1) is 7.55. The molecule has 0 saturated heterocycles. The largest absolute Gasteiger partial charge is 0.481 e. The third-order valence-corrected chi connectivity index (χ3v) is 3.29. The van der Waals surface area contributed by atoms with Crippen molar-refractivity contribution in [3.05, 3.63) is 35.6 Å². The number of hydrogen-bond acceptors (Lipinski definition) is 1. The molecule has 88 valence electrons. The van der Waals surface area contributed by atoms with Crippen LogP contribution in [0.4, 0.5) is 4.39 Å². The number of benzene rings is 1. The van der Waals surface area contributed by atoms with Gasteiger partial charge < -0.3 is 5.11 Å². The molecule has 0 unspecified atom stereocenters. The maximum atomic E-state index is 13.5. The molecule has 0 aliphatic heterocycles. The summed E-state index contributed by atoms with van der Waals surface area (Å²) in [5, 5.41) is 9.25. The van der Waals surface area contributed by atoms with Gasteiger partial charge in [-0.15, -0.1) is 0 Å². The molecule has 0 amide bonds. The van der Waals surface area contributed by atoms with Gasteiger partial charge in [-0.2, -0.15) is 0 Å². The number of rotatable bonds is 5. The number of halogens is 1. The maximum absolute atomic E-state index is 13.5. The van der Waals surface area contributed by atoms with Crippen LogP contribution in [0.3, 0.4) is 0 Å². The molecule has 1 N–H and O–H groups in total. The first-order valence-electron chi connectivity index (χ1n) is 5.52. The minimum Gasteiger partial charge on any atom is -0.481 e. The monoisotopic (exact) mass is 224 g/mol. The summed E-state index contributed by atoms with van der Waals surface area (Å²) >= 11 is 0. The zero-order valence-corrected chi connectivity index (χ0v) is 9.66. The summed E-state index contributed by atoms with van der Waals surface area (Å²) in [5.74, 6) is -1.17. The van der Waals surface area contributed by atoms with Crippen LogP contribution in [0.5, 0.6) is 0 Å². The Morgan fingerprint density at radius 2 is 1.88 bits per heavy atom. The van der Waals surface area contributed by atoms with Crippen molar-refractivity contribution in [2.75, 3.05) is 0 Å². The predicted octanol–water partition coefficient (Wildman–Crippen LogP) is 3.26. The summed E-state index contributed by atoms with van der Waals surface area (Å²) in [4.78, 5) is 11.3. The molecule has 16 heavy (non-hydrogen) atoms. The molecule has 2 nitrogen and oxygen atoms in total. The SMILES string of the molecule is CCC(CC)(Cc1ccccc1F)C(=O)O. The van der Waals surface area contributed by atoms with Crippen molar-refractivity contribution in [3.8, 4) is 0 Å². The molecular formula is C13H17FO2. The predicted molar refractivity (Wildman–Crippen MR) is 60.8 cm³/mol. The number of hydrogen-bond donors (Lipinski definition) is 1. The van der Waals surface area contributed by atoms with E-state index in [4.69, 9.17) is 0 Å². The lowest BCUT2D eigenvalue weighted by atomic mass is 9.77. The minimum atomic E-state index is -0.847. The van der Waals surface area contributed by atoms with E-state index in [0.717, 1.165) is 0 Å². The Balaban J connectivity index is 3.01. The average Bonchev–Trinajstić information content (AvgIpc) is 2.28. The standard InChI is InChI=1S/C13H17FO2/c1-3-13(4-2,12(15)16)9-10-7-5-6-8-11(10)14/h5-8H,3-4,9H2,1-2H3,(H,15,16). The zero-order chi connectivity index (χ0) is 12.2. The van der Waals surface area contributed by atoms with Crippen molar-refractivity contribution in [2.45, 2.75) is 33.1 Å². The van der Waals surface area contributed by atoms with Gasteiger partial charge >= 0.3 is 5.97 Å². The van der Waals surface area contributed by atoms with Crippen LogP contribution in [-0.4, -0.2) is 11.1 Å². The molecule has 0 saturated carbocycles. The van der Waals surface area contributed by atoms with Gasteiger partial charge in [0.25, 0.3) is 0 Å². The Labute approximate surface area is 95.1 Å². The second-order valence-corrected chi connectivity index (χ2v) is 4.06. The van der Waals surface area contributed by atoms with Gasteiger partial charge in [0.1, 0.15) is 5.82 Å². The first kappa shape index (κ1) is 12.7. The Bertz CT molecular complexity index is 370. The van der Waals surface area contributed by atoms with Crippen molar-refractivity contribution in [1.82, 2.24) is 0 Å². The number of aliphatic carboxylic acids is 1. The molecule has 0 bridgehead atoms. The van der Waals surface area contributed by atoms with E-state index >= 15 is 0 Å². The van der Waals surface area contributed by atoms with Crippen LogP contribution in [0.2, 0.25) is 0 Å². The smallest absolute Gasteiger partial charge is 0.309 e. The lowest BCUT2D eigenvalue weighted by molar-refractivity contribution is -0.149. The third kappa shape index (κ3) is 2.40. The highest BCUT2D eigenvalue weighted by Crippen LogP contribution is 2.32. The van der Waals surface area contributed by atoms with Crippen LogP contribution in [-0.2, 0) is 11.2 Å². The van der Waals surface area contributed by atoms with Crippen LogP contribution >= 0.6 is 0 Å². The van der Waals surface area contributed by atoms with Crippen LogP contribution < -0.4 is 0 Å². The van der Waals surface area contributed by atoms with Gasteiger partial charge in [-0.1, -0.05) is 32.0 Å². The number of carboxylic acids is 1. The normalized spacial score (nSPS) is 11.4. The van der Waals surface area contributed by atoms with Crippen molar-refractivity contribution < 1.29 is 14.3 Å². The van der Waals surface area contributed by atoms with Crippen LogP contribution in [0.15, 0.2) is 24.3 Å². The molecule has 0 aromatic heterocycles. The second kappa shape index (κ2) is 5.10. The highest BCUT2D eigenvalue weighted by molar-refractivity contribution is 5.75. The van der Waals surface area contributed by atoms with Crippen molar-refractivity contribution >= 4 is 5.97 Å². The van der Waals surface area contributed by atoms with Gasteiger partial charge in [0.15, 0.2) is 0 Å². The molecule has 0 radical (unpaired) electrons. The van der Waals surface area contributed by atoms with E-state index in [-0.39, 0.29) is 12.2 Å². The topological polar surface area (TPSA) is 37.3 Å². The molecule has 3 heteroatoms. The first-order valence-corrected chi connectivity index (χ1v) is 5.52. The number of carbonyl (C=O) groups is 1. The van der Waals surface area contributed by atoms with Gasteiger partial charge in [-0.3, -0.25) is 4.79 Å². The van der Waals surface area contributed by atoms with Crippen LogP contribution in [0.1, 0.15) is 32.3 Å². The molecule has 0 aliphatic rings. The molecule has 1 aromatic carbocycles. The molecule has 0 spiro atoms. The second-order valence-electron chi connectivity index (χ2n) is 4.06. The van der Waals surface area contributed by atoms with Gasteiger partial charge in [0.2, 0.25) is 0 Å². The van der Waals surface area contributed by atoms with Gasteiger partial charge in [0.05, 0.1) is 5.41 Å². The summed E-state index contributed by atoms with van der Waals surface area (Å²) in [5.41, 5.74) is -0.365. The highest BCUT2D eigenvalue weighted by Gasteiger charge is 2.35. The van der Waals surface area contributed by atoms with Crippen molar-refractivity contribution in [1.29, 1.82) is 0 Å². The Morgan fingerprint density at radius 3 is 2.31 bits per heavy atom. The quantitative estimate of drug-likeness (QED) is 0.833. The van der Waals surface area contributed by atoms with E-state index in [1.54, 1.807) is 18.2 Å². The fourth-order valence-electron chi connectivity index (χ4n) is 1.88. The average molecular weight is 224 g/mol. The summed E-state index contributed by atoms with van der Waals surface area (Å²) < 4.78 is 13.5. The summed E-state index contributed by atoms with van der Waals surface area (Å²) in [6, 6.07) is 6.36. The van der Waals surface area contributed by atoms with E-state index in [1.807, 2.05) is 13.8 Å². The van der Waals surface area contributed by atoms with Gasteiger partial charge in [-0.05, 0) is 30.9 Å². The Morgan fingerprint density at radius 1 is 1.31 bits per heavy atom. The highest BCUT2D eigenvalue weighted by atomic mass is 19.1. The third-order valence-electron chi connectivity index (χ3n) is 3.29. The van der Waals surface area contributed by atoms with Crippen molar-refractivity contribution in [3.63, 3.8) is 0 Å². The molecule has 1 rings (SSSR count). The Kier molecular flexibility index (Phi) is 4.05. The Hall–Kier alpha value is -1.38. The fraction of sp³-hybridized carbons (Fsp3) is 0.462. The molecular weight excluding hydrogens is 207 g/mol. The molecule has 0 fully saturated rings. The lowest BCUT2D eigenvalue weighted by Crippen LogP contribution is -2.32. The lowest BCUT2D eigenvalue weighted by Gasteiger charge is -2.26.